The van der Waals surface area contributed by atoms with E-state index >= 15 is 0 Å². The van der Waals surface area contributed by atoms with Crippen LogP contribution in [0.15, 0.2) is 44.0 Å². The van der Waals surface area contributed by atoms with Crippen LogP contribution in [0.5, 0.6) is 5.75 Å². The fourth-order valence-electron chi connectivity index (χ4n) is 3.85. The van der Waals surface area contributed by atoms with Gasteiger partial charge < -0.3 is 13.6 Å². The predicted octanol–water partition coefficient (Wildman–Crippen LogP) is 4.66. The summed E-state index contributed by atoms with van der Waals surface area (Å²) in [7, 11) is 0. The zero-order valence-electron chi connectivity index (χ0n) is 16.9. The first-order valence-corrected chi connectivity index (χ1v) is 9.59. The van der Waals surface area contributed by atoms with Crippen molar-refractivity contribution in [1.29, 1.82) is 0 Å². The number of hydrogen-bond donors (Lipinski definition) is 0. The monoisotopic (exact) mass is 402 g/mol. The highest BCUT2D eigenvalue weighted by molar-refractivity contribution is 6.17. The SMILES string of the molecule is Cc1cc2c(cc1C)C(=O)C(c1cc3c(=O)oc4cc(C)c(C)cc4c3o1)C(=O)O2. The number of carbonyl (C=O) groups is 2. The molecule has 2 aromatic carbocycles. The van der Waals surface area contributed by atoms with Crippen LogP contribution in [0.1, 0.15) is 44.3 Å². The summed E-state index contributed by atoms with van der Waals surface area (Å²) in [5, 5.41) is 0.801. The van der Waals surface area contributed by atoms with Crippen LogP contribution in [0.25, 0.3) is 21.9 Å². The molecule has 6 nitrogen and oxygen atoms in total. The van der Waals surface area contributed by atoms with Crippen LogP contribution in [-0.4, -0.2) is 11.8 Å². The number of fused-ring (bicyclic) bond motifs is 4. The first-order chi connectivity index (χ1) is 14.2. The lowest BCUT2D eigenvalue weighted by Crippen LogP contribution is -2.31. The molecule has 30 heavy (non-hydrogen) atoms. The van der Waals surface area contributed by atoms with E-state index in [-0.39, 0.29) is 16.9 Å². The van der Waals surface area contributed by atoms with Gasteiger partial charge in [0.1, 0.15) is 22.5 Å². The van der Waals surface area contributed by atoms with Crippen molar-refractivity contribution >= 4 is 33.7 Å². The molecule has 0 fully saturated rings. The Morgan fingerprint density at radius 1 is 0.733 bits per heavy atom. The van der Waals surface area contributed by atoms with Gasteiger partial charge in [0.15, 0.2) is 17.3 Å². The lowest BCUT2D eigenvalue weighted by atomic mass is 9.90. The van der Waals surface area contributed by atoms with E-state index in [0.717, 1.165) is 22.3 Å². The highest BCUT2D eigenvalue weighted by Gasteiger charge is 2.40. The Balaban J connectivity index is 1.72. The molecule has 0 saturated carbocycles. The van der Waals surface area contributed by atoms with E-state index in [2.05, 4.69) is 0 Å². The molecule has 1 unspecified atom stereocenters. The third kappa shape index (κ3) is 2.53. The molecule has 5 rings (SSSR count). The van der Waals surface area contributed by atoms with E-state index < -0.39 is 23.3 Å². The molecule has 1 atom stereocenters. The summed E-state index contributed by atoms with van der Waals surface area (Å²) in [4.78, 5) is 38.3. The quantitative estimate of drug-likeness (QED) is 0.199. The number of furan rings is 1. The van der Waals surface area contributed by atoms with Crippen molar-refractivity contribution in [2.75, 3.05) is 0 Å². The summed E-state index contributed by atoms with van der Waals surface area (Å²) in [5.41, 5.74) is 4.25. The van der Waals surface area contributed by atoms with Gasteiger partial charge in [0.05, 0.1) is 10.9 Å². The molecule has 2 aromatic heterocycles. The Labute approximate surface area is 171 Å². The largest absolute Gasteiger partial charge is 0.459 e. The molecule has 6 heteroatoms. The van der Waals surface area contributed by atoms with E-state index in [1.807, 2.05) is 33.8 Å². The average Bonchev–Trinajstić information content (AvgIpc) is 3.11. The van der Waals surface area contributed by atoms with Gasteiger partial charge in [0.2, 0.25) is 0 Å². The van der Waals surface area contributed by atoms with E-state index in [1.165, 1.54) is 6.07 Å². The summed E-state index contributed by atoms with van der Waals surface area (Å²) >= 11 is 0. The zero-order chi connectivity index (χ0) is 21.3. The van der Waals surface area contributed by atoms with Gasteiger partial charge >= 0.3 is 11.6 Å². The molecule has 0 spiro atoms. The molecule has 4 aromatic rings. The maximum absolute atomic E-state index is 13.2. The minimum absolute atomic E-state index is 0.0712. The van der Waals surface area contributed by atoms with Crippen LogP contribution in [0, 0.1) is 27.7 Å². The van der Waals surface area contributed by atoms with E-state index in [0.29, 0.717) is 22.1 Å². The van der Waals surface area contributed by atoms with Gasteiger partial charge in [-0.25, -0.2) is 4.79 Å². The first kappa shape index (κ1) is 18.4. The lowest BCUT2D eigenvalue weighted by Gasteiger charge is -2.21. The molecule has 0 bridgehead atoms. The summed E-state index contributed by atoms with van der Waals surface area (Å²) < 4.78 is 16.8. The van der Waals surface area contributed by atoms with E-state index in [1.54, 1.807) is 18.2 Å². The second-order valence-corrected chi connectivity index (χ2v) is 7.86. The number of rotatable bonds is 1. The summed E-state index contributed by atoms with van der Waals surface area (Å²) in [6.45, 7) is 7.63. The molecular weight excluding hydrogens is 384 g/mol. The summed E-state index contributed by atoms with van der Waals surface area (Å²) in [6.07, 6.45) is 0. The number of esters is 1. The van der Waals surface area contributed by atoms with Crippen LogP contribution in [-0.2, 0) is 4.79 Å². The fraction of sp³-hybridized carbons (Fsp3) is 0.208. The van der Waals surface area contributed by atoms with Crippen molar-refractivity contribution in [3.63, 3.8) is 0 Å². The fourth-order valence-corrected chi connectivity index (χ4v) is 3.85. The minimum Gasteiger partial charge on any atom is -0.459 e. The smallest absolute Gasteiger partial charge is 0.347 e. The van der Waals surface area contributed by atoms with Crippen molar-refractivity contribution < 1.29 is 23.2 Å². The standard InChI is InChI=1S/C24H18O6/c1-10-5-14-17(7-12(10)3)30-24(27)20(21(14)25)19-9-16-22(28-19)15-6-11(2)13(4)8-18(15)29-23(16)26/h5-9,20H,1-4H3. The van der Waals surface area contributed by atoms with Gasteiger partial charge in [-0.05, 0) is 80.3 Å². The third-order valence-electron chi connectivity index (χ3n) is 5.87. The molecule has 3 heterocycles. The van der Waals surface area contributed by atoms with Gasteiger partial charge in [-0.15, -0.1) is 0 Å². The summed E-state index contributed by atoms with van der Waals surface area (Å²) in [6, 6.07) is 8.44. The van der Waals surface area contributed by atoms with Crippen molar-refractivity contribution in [3.05, 3.63) is 74.3 Å². The second-order valence-electron chi connectivity index (χ2n) is 7.86. The van der Waals surface area contributed by atoms with Gasteiger partial charge in [-0.3, -0.25) is 9.59 Å². The third-order valence-corrected chi connectivity index (χ3v) is 5.87. The Hall–Kier alpha value is -3.67. The number of aryl methyl sites for hydroxylation is 4. The number of ether oxygens (including phenoxy) is 1. The van der Waals surface area contributed by atoms with E-state index in [4.69, 9.17) is 13.6 Å². The molecule has 0 N–H and O–H groups in total. The van der Waals surface area contributed by atoms with Crippen molar-refractivity contribution in [2.24, 2.45) is 0 Å². The number of hydrogen-bond acceptors (Lipinski definition) is 6. The van der Waals surface area contributed by atoms with Crippen LogP contribution in [0.4, 0.5) is 0 Å². The van der Waals surface area contributed by atoms with Gasteiger partial charge in [-0.1, -0.05) is 0 Å². The van der Waals surface area contributed by atoms with Gasteiger partial charge in [-0.2, -0.15) is 0 Å². The maximum atomic E-state index is 13.2. The van der Waals surface area contributed by atoms with E-state index in [9.17, 15) is 14.4 Å². The highest BCUT2D eigenvalue weighted by atomic mass is 16.5. The lowest BCUT2D eigenvalue weighted by molar-refractivity contribution is -0.135. The molecule has 150 valence electrons. The van der Waals surface area contributed by atoms with Gasteiger partial charge in [0, 0.05) is 0 Å². The number of Topliss-reactive ketones (excluding diaryl/α,β-unsaturated/α-hetero) is 1. The predicted molar refractivity (Wildman–Crippen MR) is 110 cm³/mol. The number of ketones is 1. The Bertz CT molecular complexity index is 1470. The molecule has 0 radical (unpaired) electrons. The second kappa shape index (κ2) is 6.16. The first-order valence-electron chi connectivity index (χ1n) is 9.59. The Morgan fingerprint density at radius 3 is 2.17 bits per heavy atom. The summed E-state index contributed by atoms with van der Waals surface area (Å²) in [5.74, 6) is -2.09. The zero-order valence-corrected chi connectivity index (χ0v) is 16.9. The van der Waals surface area contributed by atoms with Crippen LogP contribution in [0.2, 0.25) is 0 Å². The highest BCUT2D eigenvalue weighted by Crippen LogP contribution is 2.38. The average molecular weight is 402 g/mol. The molecule has 1 aliphatic rings. The number of carbonyl (C=O) groups excluding carboxylic acids is 2. The molecule has 0 amide bonds. The molecule has 0 saturated heterocycles. The van der Waals surface area contributed by atoms with Crippen LogP contribution in [0.3, 0.4) is 0 Å². The Kier molecular flexibility index (Phi) is 3.77. The maximum Gasteiger partial charge on any atom is 0.347 e. The van der Waals surface area contributed by atoms with Crippen molar-refractivity contribution in [2.45, 2.75) is 33.6 Å². The van der Waals surface area contributed by atoms with Crippen molar-refractivity contribution in [1.82, 2.24) is 0 Å². The topological polar surface area (TPSA) is 86.7 Å². The normalized spacial score (nSPS) is 16.2. The number of benzene rings is 2. The van der Waals surface area contributed by atoms with Gasteiger partial charge in [0.25, 0.3) is 0 Å². The van der Waals surface area contributed by atoms with Crippen molar-refractivity contribution in [3.8, 4) is 5.75 Å². The minimum atomic E-state index is -1.27. The molecular formula is C24H18O6. The Morgan fingerprint density at radius 2 is 1.40 bits per heavy atom. The van der Waals surface area contributed by atoms with Crippen LogP contribution < -0.4 is 10.4 Å². The van der Waals surface area contributed by atoms with Crippen LogP contribution >= 0.6 is 0 Å². The molecule has 1 aliphatic heterocycles. The molecule has 0 aliphatic carbocycles.